The van der Waals surface area contributed by atoms with Crippen LogP contribution in [-0.4, -0.2) is 49.2 Å². The number of ether oxygens (including phenoxy) is 2. The Morgan fingerprint density at radius 2 is 1.57 bits per heavy atom. The molecule has 0 radical (unpaired) electrons. The fourth-order valence-corrected chi connectivity index (χ4v) is 1.93. The highest BCUT2D eigenvalue weighted by molar-refractivity contribution is 5.86. The van der Waals surface area contributed by atoms with E-state index in [2.05, 4.69) is 9.47 Å². The number of hydrogen-bond acceptors (Lipinski definition) is 3. The lowest BCUT2D eigenvalue weighted by Crippen LogP contribution is -2.65. The van der Waals surface area contributed by atoms with E-state index in [1.807, 2.05) is 0 Å². The molecule has 1 heterocycles. The molecule has 12 heteroatoms. The number of hydrogen-bond donors (Lipinski definition) is 0. The van der Waals surface area contributed by atoms with E-state index in [1.54, 1.807) is 0 Å². The highest BCUT2D eigenvalue weighted by atomic mass is 19.4. The highest BCUT2D eigenvalue weighted by Crippen LogP contribution is 2.56. The first kappa shape index (κ1) is 20.0. The van der Waals surface area contributed by atoms with E-state index in [1.165, 1.54) is 6.92 Å². The van der Waals surface area contributed by atoms with Gasteiger partial charge in [-0.3, -0.25) is 4.79 Å². The van der Waals surface area contributed by atoms with E-state index in [0.717, 1.165) is 0 Å². The summed E-state index contributed by atoms with van der Waals surface area (Å²) in [5.74, 6) is -24.7. The number of carbonyl (C=O) groups excluding carboxylic acids is 1. The van der Waals surface area contributed by atoms with Crippen molar-refractivity contribution in [3.05, 3.63) is 0 Å². The van der Waals surface area contributed by atoms with Crippen molar-refractivity contribution in [2.75, 3.05) is 13.2 Å². The van der Waals surface area contributed by atoms with Crippen molar-refractivity contribution >= 4 is 5.78 Å². The Morgan fingerprint density at radius 1 is 1.04 bits per heavy atom. The van der Waals surface area contributed by atoms with Crippen LogP contribution in [0.2, 0.25) is 0 Å². The van der Waals surface area contributed by atoms with E-state index >= 15 is 0 Å². The molecule has 0 N–H and O–H groups in total. The summed E-state index contributed by atoms with van der Waals surface area (Å²) in [6, 6.07) is 0. The largest absolute Gasteiger partial charge is 0.460 e. The molecule has 136 valence electrons. The average molecular weight is 362 g/mol. The number of alkyl halides is 9. The zero-order chi connectivity index (χ0) is 18.3. The van der Waals surface area contributed by atoms with Crippen LogP contribution in [-0.2, 0) is 14.3 Å². The molecule has 1 saturated heterocycles. The van der Waals surface area contributed by atoms with Crippen LogP contribution in [0.4, 0.5) is 39.5 Å². The minimum absolute atomic E-state index is 0.260. The molecular formula is C11H11F9O3. The smallest absolute Gasteiger partial charge is 0.346 e. The summed E-state index contributed by atoms with van der Waals surface area (Å²) < 4.78 is 125. The van der Waals surface area contributed by atoms with Gasteiger partial charge >= 0.3 is 23.9 Å². The summed E-state index contributed by atoms with van der Waals surface area (Å²) in [5.41, 5.74) is 0. The number of rotatable bonds is 5. The van der Waals surface area contributed by atoms with Gasteiger partial charge in [0.1, 0.15) is 0 Å². The summed E-state index contributed by atoms with van der Waals surface area (Å²) in [5, 5.41) is 0. The molecule has 1 fully saturated rings. The second-order valence-electron chi connectivity index (χ2n) is 4.67. The zero-order valence-electron chi connectivity index (χ0n) is 11.4. The molecule has 1 aliphatic heterocycles. The number of Topliss-reactive ketones (excluding diaryl/α,β-unsaturated/α-hetero) is 1. The van der Waals surface area contributed by atoms with Crippen molar-refractivity contribution in [2.45, 2.75) is 43.6 Å². The maximum atomic E-state index is 13.7. The SMILES string of the molecule is CCO[C@@H]1OCCC(C(F)(F)C(F)(F)C(F)(F)C(F)(F)F)C1=O. The van der Waals surface area contributed by atoms with E-state index in [4.69, 9.17) is 0 Å². The van der Waals surface area contributed by atoms with Gasteiger partial charge in [-0.1, -0.05) is 0 Å². The monoisotopic (exact) mass is 362 g/mol. The summed E-state index contributed by atoms with van der Waals surface area (Å²) in [7, 11) is 0. The van der Waals surface area contributed by atoms with Gasteiger partial charge in [0.15, 0.2) is 5.78 Å². The van der Waals surface area contributed by atoms with Gasteiger partial charge in [-0.2, -0.15) is 39.5 Å². The van der Waals surface area contributed by atoms with Crippen LogP contribution in [0, 0.1) is 5.92 Å². The first-order valence-electron chi connectivity index (χ1n) is 6.19. The van der Waals surface area contributed by atoms with Crippen LogP contribution in [0.25, 0.3) is 0 Å². The van der Waals surface area contributed by atoms with Gasteiger partial charge in [-0.15, -0.1) is 0 Å². The third-order valence-electron chi connectivity index (χ3n) is 3.18. The molecule has 0 aliphatic carbocycles. The quantitative estimate of drug-likeness (QED) is 0.703. The minimum atomic E-state index is -7.02. The van der Waals surface area contributed by atoms with E-state index in [-0.39, 0.29) is 6.61 Å². The second kappa shape index (κ2) is 6.11. The van der Waals surface area contributed by atoms with Gasteiger partial charge < -0.3 is 9.47 Å². The maximum Gasteiger partial charge on any atom is 0.460 e. The topological polar surface area (TPSA) is 35.5 Å². The van der Waals surface area contributed by atoms with Crippen LogP contribution >= 0.6 is 0 Å². The van der Waals surface area contributed by atoms with Gasteiger partial charge in [-0.25, -0.2) is 0 Å². The van der Waals surface area contributed by atoms with Crippen LogP contribution in [0.1, 0.15) is 13.3 Å². The number of carbonyl (C=O) groups is 1. The maximum absolute atomic E-state index is 13.7. The minimum Gasteiger partial charge on any atom is -0.346 e. The normalized spacial score (nSPS) is 24.9. The zero-order valence-corrected chi connectivity index (χ0v) is 11.4. The average Bonchev–Trinajstić information content (AvgIpc) is 2.39. The molecule has 0 aromatic carbocycles. The molecule has 23 heavy (non-hydrogen) atoms. The molecule has 0 bridgehead atoms. The van der Waals surface area contributed by atoms with Crippen molar-refractivity contribution in [3.63, 3.8) is 0 Å². The second-order valence-corrected chi connectivity index (χ2v) is 4.67. The Kier molecular flexibility index (Phi) is 5.32. The summed E-state index contributed by atoms with van der Waals surface area (Å²) in [6.45, 7) is 0.291. The van der Waals surface area contributed by atoms with Gasteiger partial charge in [0, 0.05) is 6.61 Å². The Balaban J connectivity index is 3.20. The summed E-state index contributed by atoms with van der Waals surface area (Å²) in [4.78, 5) is 11.6. The molecule has 0 saturated carbocycles. The van der Waals surface area contributed by atoms with E-state index in [9.17, 15) is 44.3 Å². The fourth-order valence-electron chi connectivity index (χ4n) is 1.93. The molecule has 1 aliphatic rings. The van der Waals surface area contributed by atoms with Crippen molar-refractivity contribution in [2.24, 2.45) is 5.92 Å². The molecule has 0 aromatic heterocycles. The third kappa shape index (κ3) is 3.14. The van der Waals surface area contributed by atoms with Gasteiger partial charge in [0.2, 0.25) is 6.29 Å². The summed E-state index contributed by atoms with van der Waals surface area (Å²) >= 11 is 0. The van der Waals surface area contributed by atoms with Crippen molar-refractivity contribution in [3.8, 4) is 0 Å². The Bertz CT molecular complexity index is 445. The first-order chi connectivity index (χ1) is 10.2. The van der Waals surface area contributed by atoms with E-state index < -0.39 is 55.0 Å². The number of halogens is 9. The molecule has 1 rings (SSSR count). The van der Waals surface area contributed by atoms with Gasteiger partial charge in [0.25, 0.3) is 0 Å². The predicted molar refractivity (Wildman–Crippen MR) is 55.4 cm³/mol. The van der Waals surface area contributed by atoms with Crippen molar-refractivity contribution in [1.29, 1.82) is 0 Å². The highest BCUT2D eigenvalue weighted by Gasteiger charge is 2.83. The van der Waals surface area contributed by atoms with E-state index in [0.29, 0.717) is 0 Å². The molecule has 3 nitrogen and oxygen atoms in total. The molecule has 0 spiro atoms. The van der Waals surface area contributed by atoms with Crippen LogP contribution in [0.5, 0.6) is 0 Å². The third-order valence-corrected chi connectivity index (χ3v) is 3.18. The molecule has 2 atom stereocenters. The standard InChI is InChI=1S/C11H11F9O3/c1-2-22-7-6(21)5(3-4-23-7)8(12,13)9(14,15)10(16,17)11(18,19)20/h5,7H,2-4H2,1H3/t5?,7-/m1/s1. The Hall–Kier alpha value is -1.04. The lowest BCUT2D eigenvalue weighted by molar-refractivity contribution is -0.402. The van der Waals surface area contributed by atoms with Crippen LogP contribution in [0.3, 0.4) is 0 Å². The lowest BCUT2D eigenvalue weighted by Gasteiger charge is -2.39. The molecule has 1 unspecified atom stereocenters. The van der Waals surface area contributed by atoms with Crippen LogP contribution < -0.4 is 0 Å². The predicted octanol–water partition coefficient (Wildman–Crippen LogP) is 3.42. The number of ketones is 1. The first-order valence-corrected chi connectivity index (χ1v) is 6.19. The Labute approximate surface area is 123 Å². The lowest BCUT2D eigenvalue weighted by atomic mass is 9.85. The molecular weight excluding hydrogens is 351 g/mol. The molecule has 0 aromatic rings. The van der Waals surface area contributed by atoms with Gasteiger partial charge in [-0.05, 0) is 13.3 Å². The van der Waals surface area contributed by atoms with Crippen molar-refractivity contribution < 1.29 is 53.8 Å². The molecule has 0 amide bonds. The fraction of sp³-hybridized carbons (Fsp3) is 0.909. The van der Waals surface area contributed by atoms with Crippen molar-refractivity contribution in [1.82, 2.24) is 0 Å². The van der Waals surface area contributed by atoms with Gasteiger partial charge in [0.05, 0.1) is 12.5 Å². The Morgan fingerprint density at radius 3 is 2.00 bits per heavy atom. The summed E-state index contributed by atoms with van der Waals surface area (Å²) in [6.07, 6.45) is -10.1. The van der Waals surface area contributed by atoms with Crippen LogP contribution in [0.15, 0.2) is 0 Å².